The second kappa shape index (κ2) is 3.88. The maximum absolute atomic E-state index is 4.46. The van der Waals surface area contributed by atoms with Crippen LogP contribution >= 0.6 is 0 Å². The SMILES string of the molecule is C1=CC(C2CCCCCC2)N=C1. The number of rotatable bonds is 1. The Morgan fingerprint density at radius 1 is 1.00 bits per heavy atom. The summed E-state index contributed by atoms with van der Waals surface area (Å²) in [5.74, 6) is 0.850. The molecule has 0 saturated heterocycles. The molecule has 66 valence electrons. The number of hydrogen-bond acceptors (Lipinski definition) is 1. The summed E-state index contributed by atoms with van der Waals surface area (Å²) in [6.07, 6.45) is 14.8. The summed E-state index contributed by atoms with van der Waals surface area (Å²) in [5, 5.41) is 0. The van der Waals surface area contributed by atoms with Crippen LogP contribution < -0.4 is 0 Å². The lowest BCUT2D eigenvalue weighted by molar-refractivity contribution is 0.423. The minimum absolute atomic E-state index is 0.531. The van der Waals surface area contributed by atoms with Crippen LogP contribution in [0.2, 0.25) is 0 Å². The molecule has 12 heavy (non-hydrogen) atoms. The van der Waals surface area contributed by atoms with E-state index in [1.165, 1.54) is 38.5 Å². The van der Waals surface area contributed by atoms with E-state index in [0.717, 1.165) is 5.92 Å². The summed E-state index contributed by atoms with van der Waals surface area (Å²) in [4.78, 5) is 4.46. The zero-order valence-corrected chi connectivity index (χ0v) is 7.58. The van der Waals surface area contributed by atoms with Crippen molar-refractivity contribution in [2.45, 2.75) is 44.6 Å². The Kier molecular flexibility index (Phi) is 2.60. The smallest absolute Gasteiger partial charge is 0.0711 e. The molecule has 2 aliphatic rings. The molecule has 0 bridgehead atoms. The number of allylic oxidation sites excluding steroid dienone is 1. The van der Waals surface area contributed by atoms with Gasteiger partial charge in [-0.1, -0.05) is 31.8 Å². The van der Waals surface area contributed by atoms with Gasteiger partial charge in [0.2, 0.25) is 0 Å². The minimum atomic E-state index is 0.531. The Hall–Kier alpha value is -0.590. The molecule has 1 atom stereocenters. The van der Waals surface area contributed by atoms with Crippen LogP contribution in [-0.2, 0) is 0 Å². The van der Waals surface area contributed by atoms with Gasteiger partial charge in [-0.2, -0.15) is 0 Å². The topological polar surface area (TPSA) is 12.4 Å². The normalized spacial score (nSPS) is 30.8. The van der Waals surface area contributed by atoms with E-state index in [9.17, 15) is 0 Å². The fraction of sp³-hybridized carbons (Fsp3) is 0.727. The minimum Gasteiger partial charge on any atom is -0.285 e. The number of aliphatic imine (C=N–C) groups is 1. The molecule has 0 aromatic heterocycles. The molecule has 1 heteroatoms. The van der Waals surface area contributed by atoms with Crippen LogP contribution in [0.5, 0.6) is 0 Å². The van der Waals surface area contributed by atoms with Gasteiger partial charge in [-0.25, -0.2) is 0 Å². The summed E-state index contributed by atoms with van der Waals surface area (Å²) in [7, 11) is 0. The fourth-order valence-electron chi connectivity index (χ4n) is 2.29. The predicted molar refractivity (Wildman–Crippen MR) is 52.6 cm³/mol. The molecule has 1 aliphatic heterocycles. The number of hydrogen-bond donors (Lipinski definition) is 0. The van der Waals surface area contributed by atoms with Gasteiger partial charge in [0.1, 0.15) is 0 Å². The molecule has 1 saturated carbocycles. The van der Waals surface area contributed by atoms with Crippen molar-refractivity contribution in [3.05, 3.63) is 12.2 Å². The second-order valence-electron chi connectivity index (χ2n) is 3.93. The third kappa shape index (κ3) is 1.77. The summed E-state index contributed by atoms with van der Waals surface area (Å²) in [6.45, 7) is 0. The maximum Gasteiger partial charge on any atom is 0.0711 e. The van der Waals surface area contributed by atoms with Gasteiger partial charge in [0.05, 0.1) is 6.04 Å². The average molecular weight is 163 g/mol. The zero-order valence-electron chi connectivity index (χ0n) is 7.58. The molecule has 0 aromatic rings. The van der Waals surface area contributed by atoms with E-state index in [-0.39, 0.29) is 0 Å². The molecule has 0 spiro atoms. The summed E-state index contributed by atoms with van der Waals surface area (Å²) in [6, 6.07) is 0.531. The Labute approximate surface area is 74.6 Å². The van der Waals surface area contributed by atoms with Gasteiger partial charge >= 0.3 is 0 Å². The first kappa shape index (κ1) is 8.03. The highest BCUT2D eigenvalue weighted by atomic mass is 14.8. The largest absolute Gasteiger partial charge is 0.285 e. The van der Waals surface area contributed by atoms with E-state index in [4.69, 9.17) is 0 Å². The molecule has 0 radical (unpaired) electrons. The van der Waals surface area contributed by atoms with E-state index in [1.807, 2.05) is 6.21 Å². The van der Waals surface area contributed by atoms with Gasteiger partial charge in [0, 0.05) is 6.21 Å². The van der Waals surface area contributed by atoms with Crippen molar-refractivity contribution >= 4 is 6.21 Å². The summed E-state index contributed by atoms with van der Waals surface area (Å²) >= 11 is 0. The van der Waals surface area contributed by atoms with Crippen LogP contribution in [0.1, 0.15) is 38.5 Å². The first-order chi connectivity index (χ1) is 5.97. The molecule has 1 aliphatic carbocycles. The van der Waals surface area contributed by atoms with Crippen molar-refractivity contribution in [1.29, 1.82) is 0 Å². The third-order valence-electron chi connectivity index (χ3n) is 3.04. The van der Waals surface area contributed by atoms with Crippen LogP contribution in [0.4, 0.5) is 0 Å². The van der Waals surface area contributed by atoms with Crippen molar-refractivity contribution < 1.29 is 0 Å². The van der Waals surface area contributed by atoms with Crippen LogP contribution in [0.25, 0.3) is 0 Å². The van der Waals surface area contributed by atoms with Crippen molar-refractivity contribution in [3.8, 4) is 0 Å². The molecule has 0 aromatic carbocycles. The third-order valence-corrected chi connectivity index (χ3v) is 3.04. The average Bonchev–Trinajstić information content (AvgIpc) is 2.48. The van der Waals surface area contributed by atoms with E-state index in [1.54, 1.807) is 0 Å². The highest BCUT2D eigenvalue weighted by Gasteiger charge is 2.20. The highest BCUT2D eigenvalue weighted by molar-refractivity contribution is 5.74. The Bertz CT molecular complexity index is 173. The van der Waals surface area contributed by atoms with E-state index < -0.39 is 0 Å². The lowest BCUT2D eigenvalue weighted by atomic mass is 9.93. The van der Waals surface area contributed by atoms with E-state index >= 15 is 0 Å². The standard InChI is InChI=1S/C11H17N/c1-2-4-7-10(6-3-1)11-8-5-9-12-11/h5,8-11H,1-4,6-7H2. The van der Waals surface area contributed by atoms with E-state index in [2.05, 4.69) is 17.1 Å². The monoisotopic (exact) mass is 163 g/mol. The zero-order chi connectivity index (χ0) is 8.23. The molecule has 1 unspecified atom stereocenters. The summed E-state index contributed by atoms with van der Waals surface area (Å²) in [5.41, 5.74) is 0. The lowest BCUT2D eigenvalue weighted by Crippen LogP contribution is -2.13. The molecular formula is C11H17N. The van der Waals surface area contributed by atoms with Gasteiger partial charge in [0.15, 0.2) is 0 Å². The van der Waals surface area contributed by atoms with Gasteiger partial charge in [-0.05, 0) is 24.8 Å². The van der Waals surface area contributed by atoms with Gasteiger partial charge < -0.3 is 0 Å². The quantitative estimate of drug-likeness (QED) is 0.527. The van der Waals surface area contributed by atoms with Gasteiger partial charge in [0.25, 0.3) is 0 Å². The summed E-state index contributed by atoms with van der Waals surface area (Å²) < 4.78 is 0. The molecule has 1 heterocycles. The van der Waals surface area contributed by atoms with Crippen LogP contribution in [0.3, 0.4) is 0 Å². The first-order valence-electron chi connectivity index (χ1n) is 5.17. The maximum atomic E-state index is 4.46. The second-order valence-corrected chi connectivity index (χ2v) is 3.93. The van der Waals surface area contributed by atoms with Gasteiger partial charge in [-0.15, -0.1) is 0 Å². The van der Waals surface area contributed by atoms with E-state index in [0.29, 0.717) is 6.04 Å². The fourth-order valence-corrected chi connectivity index (χ4v) is 2.29. The van der Waals surface area contributed by atoms with Crippen LogP contribution in [0, 0.1) is 5.92 Å². The molecule has 2 rings (SSSR count). The molecule has 0 N–H and O–H groups in total. The Morgan fingerprint density at radius 3 is 2.33 bits per heavy atom. The molecular weight excluding hydrogens is 146 g/mol. The Balaban J connectivity index is 1.92. The molecule has 0 amide bonds. The highest BCUT2D eigenvalue weighted by Crippen LogP contribution is 2.28. The first-order valence-corrected chi connectivity index (χ1v) is 5.17. The van der Waals surface area contributed by atoms with Crippen LogP contribution in [-0.4, -0.2) is 12.3 Å². The Morgan fingerprint density at radius 2 is 1.75 bits per heavy atom. The van der Waals surface area contributed by atoms with Crippen molar-refractivity contribution in [1.82, 2.24) is 0 Å². The van der Waals surface area contributed by atoms with Crippen LogP contribution in [0.15, 0.2) is 17.1 Å². The van der Waals surface area contributed by atoms with Crippen molar-refractivity contribution in [2.75, 3.05) is 0 Å². The van der Waals surface area contributed by atoms with Gasteiger partial charge in [-0.3, -0.25) is 4.99 Å². The predicted octanol–water partition coefficient (Wildman–Crippen LogP) is 2.97. The lowest BCUT2D eigenvalue weighted by Gasteiger charge is -2.17. The van der Waals surface area contributed by atoms with Crippen molar-refractivity contribution in [3.63, 3.8) is 0 Å². The molecule has 1 nitrogen and oxygen atoms in total. The molecule has 1 fully saturated rings. The number of nitrogens with zero attached hydrogens (tertiary/aromatic N) is 1. The van der Waals surface area contributed by atoms with Crippen molar-refractivity contribution in [2.24, 2.45) is 10.9 Å².